The molecule has 1 aromatic carbocycles. The summed E-state index contributed by atoms with van der Waals surface area (Å²) < 4.78 is 12.6. The second kappa shape index (κ2) is 9.65. The number of benzene rings is 1. The van der Waals surface area contributed by atoms with Gasteiger partial charge in [0.05, 0.1) is 35.5 Å². The number of thiazole rings is 1. The van der Waals surface area contributed by atoms with Gasteiger partial charge in [0.25, 0.3) is 5.91 Å². The lowest BCUT2D eigenvalue weighted by atomic mass is 10.3. The predicted octanol–water partition coefficient (Wildman–Crippen LogP) is 5.45. The van der Waals surface area contributed by atoms with Gasteiger partial charge in [-0.15, -0.1) is 21.5 Å². The number of para-hydroxylation sites is 1. The summed E-state index contributed by atoms with van der Waals surface area (Å²) >= 11 is 9.33. The van der Waals surface area contributed by atoms with Crippen molar-refractivity contribution < 1.29 is 13.6 Å². The van der Waals surface area contributed by atoms with E-state index in [4.69, 9.17) is 20.4 Å². The smallest absolute Gasteiger partial charge is 0.271 e. The molecule has 0 spiro atoms. The van der Waals surface area contributed by atoms with Crippen molar-refractivity contribution in [1.29, 1.82) is 0 Å². The molecule has 0 atom stereocenters. The summed E-state index contributed by atoms with van der Waals surface area (Å²) in [5.74, 6) is 2.07. The largest absolute Gasteiger partial charge is 0.467 e. The maximum atomic E-state index is 12.4. The Morgan fingerprint density at radius 2 is 1.94 bits per heavy atom. The molecule has 33 heavy (non-hydrogen) atoms. The van der Waals surface area contributed by atoms with Crippen LogP contribution in [0.3, 0.4) is 0 Å². The molecule has 0 aliphatic carbocycles. The van der Waals surface area contributed by atoms with Crippen LogP contribution in [-0.2, 0) is 12.3 Å². The minimum atomic E-state index is -0.252. The number of aromatic nitrogens is 4. The van der Waals surface area contributed by atoms with Gasteiger partial charge in [0, 0.05) is 5.38 Å². The fourth-order valence-corrected chi connectivity index (χ4v) is 5.02. The number of nitrogens with one attached hydrogen (secondary N) is 1. The standard InChI is InChI=1S/C22H16ClN5O3S2/c23-15-6-1-2-7-17(15)28-20(18-8-4-10-31-18)26-27-22(28)33-13-19-25-16(12-32-19)21(29)24-11-14-5-3-9-30-14/h1-10,12H,11,13H2,(H,24,29). The van der Waals surface area contributed by atoms with Crippen molar-refractivity contribution in [1.82, 2.24) is 25.1 Å². The number of thioether (sulfide) groups is 1. The third kappa shape index (κ3) is 4.72. The van der Waals surface area contributed by atoms with E-state index in [1.807, 2.05) is 34.9 Å². The van der Waals surface area contributed by atoms with E-state index in [2.05, 4.69) is 20.5 Å². The molecule has 11 heteroatoms. The lowest BCUT2D eigenvalue weighted by molar-refractivity contribution is 0.0943. The van der Waals surface area contributed by atoms with E-state index in [1.54, 1.807) is 36.1 Å². The van der Waals surface area contributed by atoms with Crippen LogP contribution >= 0.6 is 34.7 Å². The van der Waals surface area contributed by atoms with Crippen molar-refractivity contribution in [3.05, 3.63) is 87.9 Å². The number of hydrogen-bond acceptors (Lipinski definition) is 8. The Morgan fingerprint density at radius 3 is 2.73 bits per heavy atom. The number of halogens is 1. The first kappa shape index (κ1) is 21.5. The number of hydrogen-bond donors (Lipinski definition) is 1. The molecular weight excluding hydrogens is 482 g/mol. The average molecular weight is 498 g/mol. The zero-order valence-corrected chi connectivity index (χ0v) is 19.4. The van der Waals surface area contributed by atoms with Crippen LogP contribution in [0.1, 0.15) is 21.3 Å². The van der Waals surface area contributed by atoms with Crippen LogP contribution in [0.4, 0.5) is 0 Å². The Kier molecular flexibility index (Phi) is 6.29. The molecule has 0 fully saturated rings. The first-order valence-electron chi connectivity index (χ1n) is 9.81. The molecule has 0 saturated carbocycles. The maximum Gasteiger partial charge on any atom is 0.271 e. The Labute approximate surface area is 201 Å². The quantitative estimate of drug-likeness (QED) is 0.284. The second-order valence-electron chi connectivity index (χ2n) is 6.75. The fraction of sp³-hybridized carbons (Fsp3) is 0.0909. The third-order valence-corrected chi connectivity index (χ3v) is 6.87. The Balaban J connectivity index is 1.33. The van der Waals surface area contributed by atoms with Gasteiger partial charge < -0.3 is 14.2 Å². The Bertz CT molecular complexity index is 1360. The van der Waals surface area contributed by atoms with E-state index < -0.39 is 0 Å². The zero-order chi connectivity index (χ0) is 22.6. The molecule has 166 valence electrons. The molecule has 0 radical (unpaired) electrons. The third-order valence-electron chi connectivity index (χ3n) is 4.58. The summed E-state index contributed by atoms with van der Waals surface area (Å²) in [6.45, 7) is 0.309. The molecule has 5 aromatic rings. The van der Waals surface area contributed by atoms with Crippen LogP contribution < -0.4 is 5.32 Å². The molecule has 0 unspecified atom stereocenters. The molecule has 4 heterocycles. The van der Waals surface area contributed by atoms with Gasteiger partial charge in [0.15, 0.2) is 10.9 Å². The van der Waals surface area contributed by atoms with Gasteiger partial charge >= 0.3 is 0 Å². The second-order valence-corrected chi connectivity index (χ2v) is 9.04. The van der Waals surface area contributed by atoms with Gasteiger partial charge in [0.1, 0.15) is 16.5 Å². The fourth-order valence-electron chi connectivity index (χ4n) is 3.06. The predicted molar refractivity (Wildman–Crippen MR) is 126 cm³/mol. The van der Waals surface area contributed by atoms with Crippen molar-refractivity contribution in [3.63, 3.8) is 0 Å². The summed E-state index contributed by atoms with van der Waals surface area (Å²) in [7, 11) is 0. The molecule has 0 aliphatic heterocycles. The van der Waals surface area contributed by atoms with Gasteiger partial charge in [-0.3, -0.25) is 9.36 Å². The Morgan fingerprint density at radius 1 is 1.09 bits per heavy atom. The van der Waals surface area contributed by atoms with Crippen molar-refractivity contribution in [2.24, 2.45) is 0 Å². The minimum absolute atomic E-state index is 0.252. The van der Waals surface area contributed by atoms with Gasteiger partial charge in [-0.2, -0.15) is 0 Å². The molecule has 0 saturated heterocycles. The normalized spacial score (nSPS) is 11.1. The summed E-state index contributed by atoms with van der Waals surface area (Å²) in [4.78, 5) is 16.8. The van der Waals surface area contributed by atoms with E-state index in [0.717, 1.165) is 10.7 Å². The van der Waals surface area contributed by atoms with E-state index in [0.29, 0.717) is 45.5 Å². The highest BCUT2D eigenvalue weighted by atomic mass is 35.5. The number of furan rings is 2. The molecular formula is C22H16ClN5O3S2. The number of amides is 1. The molecule has 8 nitrogen and oxygen atoms in total. The van der Waals surface area contributed by atoms with E-state index >= 15 is 0 Å². The van der Waals surface area contributed by atoms with Gasteiger partial charge in [-0.05, 0) is 36.4 Å². The lowest BCUT2D eigenvalue weighted by Crippen LogP contribution is -2.22. The van der Waals surface area contributed by atoms with Crippen molar-refractivity contribution >= 4 is 40.6 Å². The van der Waals surface area contributed by atoms with E-state index in [9.17, 15) is 4.79 Å². The molecule has 1 N–H and O–H groups in total. The zero-order valence-electron chi connectivity index (χ0n) is 17.0. The van der Waals surface area contributed by atoms with Gasteiger partial charge in [0.2, 0.25) is 5.82 Å². The van der Waals surface area contributed by atoms with Gasteiger partial charge in [-0.1, -0.05) is 35.5 Å². The number of nitrogens with zero attached hydrogens (tertiary/aromatic N) is 4. The SMILES string of the molecule is O=C(NCc1ccco1)c1csc(CSc2nnc(-c3ccco3)n2-c2ccccc2Cl)n1. The molecule has 5 rings (SSSR count). The van der Waals surface area contributed by atoms with Crippen molar-refractivity contribution in [2.45, 2.75) is 17.5 Å². The highest BCUT2D eigenvalue weighted by Gasteiger charge is 2.20. The van der Waals surface area contributed by atoms with Crippen LogP contribution in [0.25, 0.3) is 17.3 Å². The number of carbonyl (C=O) groups excluding carboxylic acids is 1. The van der Waals surface area contributed by atoms with Crippen molar-refractivity contribution in [3.8, 4) is 17.3 Å². The number of carbonyl (C=O) groups is 1. The Hall–Kier alpha value is -3.34. The minimum Gasteiger partial charge on any atom is -0.467 e. The van der Waals surface area contributed by atoms with E-state index in [-0.39, 0.29) is 5.91 Å². The number of rotatable bonds is 8. The van der Waals surface area contributed by atoms with Crippen LogP contribution in [0.15, 0.2) is 80.4 Å². The highest BCUT2D eigenvalue weighted by Crippen LogP contribution is 2.33. The lowest BCUT2D eigenvalue weighted by Gasteiger charge is -2.10. The molecule has 0 bridgehead atoms. The van der Waals surface area contributed by atoms with Gasteiger partial charge in [-0.25, -0.2) is 4.98 Å². The maximum absolute atomic E-state index is 12.4. The topological polar surface area (TPSA) is 99.0 Å². The molecule has 1 amide bonds. The summed E-state index contributed by atoms with van der Waals surface area (Å²) in [5, 5.41) is 15.2. The van der Waals surface area contributed by atoms with Crippen LogP contribution in [0.5, 0.6) is 0 Å². The summed E-state index contributed by atoms with van der Waals surface area (Å²) in [6, 6.07) is 14.7. The first-order valence-corrected chi connectivity index (χ1v) is 12.1. The monoisotopic (exact) mass is 497 g/mol. The molecule has 0 aliphatic rings. The molecule has 4 aromatic heterocycles. The van der Waals surface area contributed by atoms with E-state index in [1.165, 1.54) is 23.1 Å². The van der Waals surface area contributed by atoms with Crippen LogP contribution in [-0.4, -0.2) is 25.7 Å². The average Bonchev–Trinajstić information content (AvgIpc) is 3.62. The summed E-state index contributed by atoms with van der Waals surface area (Å²) in [5.41, 5.74) is 1.11. The van der Waals surface area contributed by atoms with Crippen LogP contribution in [0, 0.1) is 0 Å². The highest BCUT2D eigenvalue weighted by molar-refractivity contribution is 7.98. The van der Waals surface area contributed by atoms with Crippen molar-refractivity contribution in [2.75, 3.05) is 0 Å². The summed E-state index contributed by atoms with van der Waals surface area (Å²) in [6.07, 6.45) is 3.15. The first-order chi connectivity index (χ1) is 16.2. The van der Waals surface area contributed by atoms with Crippen LogP contribution in [0.2, 0.25) is 5.02 Å².